The molecule has 2 amide bonds. The van der Waals surface area contributed by atoms with Gasteiger partial charge in [0, 0.05) is 56.3 Å². The van der Waals surface area contributed by atoms with E-state index >= 15 is 0 Å². The van der Waals surface area contributed by atoms with Crippen molar-refractivity contribution in [2.75, 3.05) is 38.0 Å². The van der Waals surface area contributed by atoms with Crippen LogP contribution in [-0.4, -0.2) is 67.1 Å². The van der Waals surface area contributed by atoms with Crippen LogP contribution in [0.3, 0.4) is 0 Å². The minimum Gasteiger partial charge on any atom is -0.339 e. The van der Waals surface area contributed by atoms with Gasteiger partial charge in [0.1, 0.15) is 5.00 Å². The molecule has 228 valence electrons. The molecular formula is C33H40N4O4S2. The van der Waals surface area contributed by atoms with E-state index in [0.717, 1.165) is 68.8 Å². The number of likely N-dealkylation sites (tertiary alicyclic amines) is 1. The lowest BCUT2D eigenvalue weighted by atomic mass is 9.94. The molecule has 1 aromatic heterocycles. The van der Waals surface area contributed by atoms with E-state index in [2.05, 4.69) is 36.2 Å². The number of sulfonamides is 1. The second-order valence-corrected chi connectivity index (χ2v) is 15.4. The molecule has 3 aromatic rings. The second-order valence-electron chi connectivity index (χ2n) is 12.4. The van der Waals surface area contributed by atoms with Gasteiger partial charge in [0.05, 0.1) is 10.5 Å². The Morgan fingerprint density at radius 2 is 1.60 bits per heavy atom. The zero-order valence-corrected chi connectivity index (χ0v) is 26.6. The SMILES string of the molecule is CC1CC(C)CN(S(=O)(=O)c2ccc(C(=O)Nc3sc4c(c3C(=O)N3CCCC3)CCN(Cc3ccccc3)C4)cc2)C1. The van der Waals surface area contributed by atoms with Gasteiger partial charge in [0.25, 0.3) is 11.8 Å². The van der Waals surface area contributed by atoms with Crippen LogP contribution in [0.1, 0.15) is 69.8 Å². The van der Waals surface area contributed by atoms with Crippen molar-refractivity contribution in [3.05, 3.63) is 81.7 Å². The van der Waals surface area contributed by atoms with Crippen molar-refractivity contribution in [3.8, 4) is 0 Å². The molecule has 0 saturated carbocycles. The number of benzene rings is 2. The molecule has 2 aromatic carbocycles. The summed E-state index contributed by atoms with van der Waals surface area (Å²) in [7, 11) is -3.64. The minimum atomic E-state index is -3.64. The third-order valence-electron chi connectivity index (χ3n) is 8.81. The Balaban J connectivity index is 1.22. The summed E-state index contributed by atoms with van der Waals surface area (Å²) in [5.41, 5.74) is 3.28. The fourth-order valence-electron chi connectivity index (χ4n) is 6.73. The molecule has 3 aliphatic rings. The number of hydrogen-bond acceptors (Lipinski definition) is 6. The fraction of sp³-hybridized carbons (Fsp3) is 0.455. The molecule has 0 spiro atoms. The number of hydrogen-bond donors (Lipinski definition) is 1. The smallest absolute Gasteiger partial charge is 0.257 e. The molecular weight excluding hydrogens is 581 g/mol. The van der Waals surface area contributed by atoms with E-state index in [4.69, 9.17) is 0 Å². The number of rotatable bonds is 7. The molecule has 2 saturated heterocycles. The van der Waals surface area contributed by atoms with Crippen LogP contribution in [0, 0.1) is 11.8 Å². The lowest BCUT2D eigenvalue weighted by molar-refractivity contribution is 0.0792. The van der Waals surface area contributed by atoms with Crippen LogP contribution in [0.5, 0.6) is 0 Å². The Labute approximate surface area is 258 Å². The Morgan fingerprint density at radius 3 is 2.28 bits per heavy atom. The number of anilines is 1. The maximum absolute atomic E-state index is 13.7. The molecule has 0 aliphatic carbocycles. The highest BCUT2D eigenvalue weighted by Gasteiger charge is 2.33. The maximum Gasteiger partial charge on any atom is 0.257 e. The Hall–Kier alpha value is -3.05. The van der Waals surface area contributed by atoms with Gasteiger partial charge in [-0.2, -0.15) is 4.31 Å². The summed E-state index contributed by atoms with van der Waals surface area (Å²) in [4.78, 5) is 32.8. The topological polar surface area (TPSA) is 90.0 Å². The average Bonchev–Trinajstić information content (AvgIpc) is 3.65. The molecule has 10 heteroatoms. The van der Waals surface area contributed by atoms with E-state index in [1.165, 1.54) is 29.0 Å². The zero-order chi connectivity index (χ0) is 30.1. The first-order chi connectivity index (χ1) is 20.7. The van der Waals surface area contributed by atoms with Crippen molar-refractivity contribution >= 4 is 38.2 Å². The Kier molecular flexibility index (Phi) is 8.73. The largest absolute Gasteiger partial charge is 0.339 e. The van der Waals surface area contributed by atoms with Crippen molar-refractivity contribution < 1.29 is 18.0 Å². The first-order valence-corrected chi connectivity index (χ1v) is 17.6. The number of nitrogens with one attached hydrogen (secondary N) is 1. The van der Waals surface area contributed by atoms with Crippen LogP contribution in [0.2, 0.25) is 0 Å². The average molecular weight is 621 g/mol. The summed E-state index contributed by atoms with van der Waals surface area (Å²) in [5, 5.41) is 3.62. The number of nitrogens with zero attached hydrogens (tertiary/aromatic N) is 3. The van der Waals surface area contributed by atoms with Crippen molar-refractivity contribution in [2.24, 2.45) is 11.8 Å². The van der Waals surface area contributed by atoms with Crippen molar-refractivity contribution in [1.82, 2.24) is 14.1 Å². The minimum absolute atomic E-state index is 0.00626. The molecule has 0 radical (unpaired) electrons. The number of piperidine rings is 1. The van der Waals surface area contributed by atoms with E-state index in [-0.39, 0.29) is 16.7 Å². The predicted molar refractivity (Wildman–Crippen MR) is 170 cm³/mol. The highest BCUT2D eigenvalue weighted by molar-refractivity contribution is 7.89. The van der Waals surface area contributed by atoms with Crippen molar-refractivity contribution in [2.45, 2.75) is 57.5 Å². The molecule has 0 bridgehead atoms. The zero-order valence-electron chi connectivity index (χ0n) is 24.9. The van der Waals surface area contributed by atoms with E-state index in [9.17, 15) is 18.0 Å². The standard InChI is InChI=1S/C33H40N4O4S2/c1-23-18-24(2)20-37(19-23)43(40,41)27-12-10-26(11-13-27)31(38)34-32-30(33(39)36-15-6-7-16-36)28-14-17-35(22-29(28)42-32)21-25-8-4-3-5-9-25/h3-5,8-13,23-24H,6-7,14-22H2,1-2H3,(H,34,38). The first kappa shape index (κ1) is 30.0. The summed E-state index contributed by atoms with van der Waals surface area (Å²) in [6, 6.07) is 16.5. The summed E-state index contributed by atoms with van der Waals surface area (Å²) in [6.45, 7) is 9.06. The number of carbonyl (C=O) groups excluding carboxylic acids is 2. The van der Waals surface area contributed by atoms with Crippen LogP contribution < -0.4 is 5.32 Å². The van der Waals surface area contributed by atoms with E-state index in [1.807, 2.05) is 23.1 Å². The lowest BCUT2D eigenvalue weighted by Gasteiger charge is -2.34. The van der Waals surface area contributed by atoms with Gasteiger partial charge in [-0.05, 0) is 72.9 Å². The van der Waals surface area contributed by atoms with Gasteiger partial charge in [-0.15, -0.1) is 11.3 Å². The Bertz CT molecular complexity index is 1570. The molecule has 2 atom stereocenters. The number of fused-ring (bicyclic) bond motifs is 1. The van der Waals surface area contributed by atoms with Crippen molar-refractivity contribution in [3.63, 3.8) is 0 Å². The van der Waals surface area contributed by atoms with E-state index < -0.39 is 10.0 Å². The van der Waals surface area contributed by atoms with Gasteiger partial charge in [0.2, 0.25) is 10.0 Å². The summed E-state index contributed by atoms with van der Waals surface area (Å²) >= 11 is 1.49. The van der Waals surface area contributed by atoms with E-state index in [0.29, 0.717) is 41.1 Å². The normalized spacial score (nSPS) is 21.5. The summed E-state index contributed by atoms with van der Waals surface area (Å²) in [5.74, 6) is 0.263. The number of carbonyl (C=O) groups is 2. The number of thiophene rings is 1. The van der Waals surface area contributed by atoms with Gasteiger partial charge in [-0.1, -0.05) is 44.2 Å². The highest BCUT2D eigenvalue weighted by Crippen LogP contribution is 2.39. The van der Waals surface area contributed by atoms with Gasteiger partial charge < -0.3 is 10.2 Å². The van der Waals surface area contributed by atoms with Crippen LogP contribution in [-0.2, 0) is 29.5 Å². The molecule has 43 heavy (non-hydrogen) atoms. The van der Waals surface area contributed by atoms with Gasteiger partial charge in [-0.25, -0.2) is 8.42 Å². The van der Waals surface area contributed by atoms with Crippen LogP contribution >= 0.6 is 11.3 Å². The van der Waals surface area contributed by atoms with Gasteiger partial charge >= 0.3 is 0 Å². The predicted octanol–water partition coefficient (Wildman–Crippen LogP) is 5.46. The third-order valence-corrected chi connectivity index (χ3v) is 11.8. The van der Waals surface area contributed by atoms with Crippen LogP contribution in [0.25, 0.3) is 0 Å². The molecule has 2 fully saturated rings. The molecule has 4 heterocycles. The molecule has 6 rings (SSSR count). The lowest BCUT2D eigenvalue weighted by Crippen LogP contribution is -2.42. The fourth-order valence-corrected chi connectivity index (χ4v) is 9.69. The first-order valence-electron chi connectivity index (χ1n) is 15.3. The molecule has 1 N–H and O–H groups in total. The monoisotopic (exact) mass is 620 g/mol. The molecule has 2 unspecified atom stereocenters. The van der Waals surface area contributed by atoms with E-state index in [1.54, 1.807) is 16.4 Å². The second kappa shape index (κ2) is 12.5. The number of amides is 2. The van der Waals surface area contributed by atoms with Gasteiger partial charge in [-0.3, -0.25) is 14.5 Å². The molecule has 3 aliphatic heterocycles. The Morgan fingerprint density at radius 1 is 0.930 bits per heavy atom. The van der Waals surface area contributed by atoms with Crippen LogP contribution in [0.15, 0.2) is 59.5 Å². The summed E-state index contributed by atoms with van der Waals surface area (Å²) < 4.78 is 28.2. The van der Waals surface area contributed by atoms with Crippen molar-refractivity contribution in [1.29, 1.82) is 0 Å². The molecule has 8 nitrogen and oxygen atoms in total. The van der Waals surface area contributed by atoms with Crippen LogP contribution in [0.4, 0.5) is 5.00 Å². The summed E-state index contributed by atoms with van der Waals surface area (Å²) in [6.07, 6.45) is 3.76. The highest BCUT2D eigenvalue weighted by atomic mass is 32.2. The maximum atomic E-state index is 13.7. The quantitative estimate of drug-likeness (QED) is 0.379. The van der Waals surface area contributed by atoms with Gasteiger partial charge in [0.15, 0.2) is 0 Å². The third kappa shape index (κ3) is 6.43.